The van der Waals surface area contributed by atoms with Crippen molar-refractivity contribution < 1.29 is 4.79 Å². The smallest absolute Gasteiger partial charge is 0.221 e. The molecule has 138 valence electrons. The fraction of sp³-hybridized carbons (Fsp3) is 0.889. The minimum Gasteiger partial charge on any atom is -0.369 e. The van der Waals surface area contributed by atoms with Crippen LogP contribution in [0.25, 0.3) is 0 Å². The van der Waals surface area contributed by atoms with Gasteiger partial charge in [-0.2, -0.15) is 0 Å². The lowest BCUT2D eigenvalue weighted by Crippen LogP contribution is -2.47. The molecule has 0 radical (unpaired) electrons. The maximum Gasteiger partial charge on any atom is 0.221 e. The van der Waals surface area contributed by atoms with E-state index in [1.165, 1.54) is 25.7 Å². The second-order valence-corrected chi connectivity index (χ2v) is 7.46. The van der Waals surface area contributed by atoms with Gasteiger partial charge in [-0.3, -0.25) is 9.79 Å². The summed E-state index contributed by atoms with van der Waals surface area (Å²) >= 11 is 0. The summed E-state index contributed by atoms with van der Waals surface area (Å²) < 4.78 is 0. The van der Waals surface area contributed by atoms with Gasteiger partial charge in [0.1, 0.15) is 0 Å². The molecule has 1 amide bonds. The maximum absolute atomic E-state index is 11.3. The van der Waals surface area contributed by atoms with E-state index in [4.69, 9.17) is 5.73 Å². The Bertz CT molecular complexity index is 428. The van der Waals surface area contributed by atoms with Gasteiger partial charge in [0.2, 0.25) is 5.91 Å². The molecule has 24 heavy (non-hydrogen) atoms. The summed E-state index contributed by atoms with van der Waals surface area (Å²) in [4.78, 5) is 18.0. The minimum absolute atomic E-state index is 0.0360. The van der Waals surface area contributed by atoms with Gasteiger partial charge in [0, 0.05) is 26.7 Å². The number of likely N-dealkylation sites (tertiary alicyclic amines) is 1. The van der Waals surface area contributed by atoms with Crippen LogP contribution in [0.15, 0.2) is 4.99 Å². The van der Waals surface area contributed by atoms with Gasteiger partial charge in [-0.1, -0.05) is 13.3 Å². The quantitative estimate of drug-likeness (QED) is 0.354. The molecular weight excluding hydrogens is 302 g/mol. The Balaban J connectivity index is 1.61. The van der Waals surface area contributed by atoms with Gasteiger partial charge in [-0.15, -0.1) is 0 Å². The van der Waals surface area contributed by atoms with Crippen molar-refractivity contribution >= 4 is 11.9 Å². The number of hydrogen-bond acceptors (Lipinski definition) is 3. The lowest BCUT2D eigenvalue weighted by molar-refractivity contribution is -0.123. The fourth-order valence-electron chi connectivity index (χ4n) is 3.82. The number of carbonyl (C=O) groups excluding carboxylic acids is 1. The highest BCUT2D eigenvalue weighted by Gasteiger charge is 2.34. The first-order valence-electron chi connectivity index (χ1n) is 9.55. The zero-order chi connectivity index (χ0) is 17.4. The average Bonchev–Trinajstić information content (AvgIpc) is 2.56. The number of aliphatic imine (C=N–C) groups is 1. The van der Waals surface area contributed by atoms with Crippen molar-refractivity contribution in [1.82, 2.24) is 15.5 Å². The first kappa shape index (κ1) is 19.0. The van der Waals surface area contributed by atoms with E-state index in [0.717, 1.165) is 57.9 Å². The third-order valence-corrected chi connectivity index (χ3v) is 5.87. The van der Waals surface area contributed by atoms with Crippen LogP contribution in [0.5, 0.6) is 0 Å². The van der Waals surface area contributed by atoms with Gasteiger partial charge in [0.25, 0.3) is 0 Å². The number of amides is 1. The molecule has 1 unspecified atom stereocenters. The Labute approximate surface area is 146 Å². The summed E-state index contributed by atoms with van der Waals surface area (Å²) in [5.74, 6) is 0.792. The fourth-order valence-corrected chi connectivity index (χ4v) is 3.82. The molecular formula is C18H35N5O. The topological polar surface area (TPSA) is 82.8 Å². The van der Waals surface area contributed by atoms with Gasteiger partial charge >= 0.3 is 0 Å². The first-order chi connectivity index (χ1) is 11.6. The molecule has 2 fully saturated rings. The number of nitrogens with two attached hydrogens (primary N) is 1. The van der Waals surface area contributed by atoms with Crippen LogP contribution >= 0.6 is 0 Å². The lowest BCUT2D eigenvalue weighted by atomic mass is 9.67. The number of nitrogens with one attached hydrogen (secondary N) is 2. The largest absolute Gasteiger partial charge is 0.369 e. The van der Waals surface area contributed by atoms with Gasteiger partial charge in [0.15, 0.2) is 5.96 Å². The van der Waals surface area contributed by atoms with Crippen molar-refractivity contribution in [3.63, 3.8) is 0 Å². The van der Waals surface area contributed by atoms with Crippen LogP contribution in [0.3, 0.4) is 0 Å². The highest BCUT2D eigenvalue weighted by molar-refractivity contribution is 5.79. The molecule has 0 aromatic heterocycles. The molecule has 1 saturated carbocycles. The molecule has 6 nitrogen and oxygen atoms in total. The van der Waals surface area contributed by atoms with Gasteiger partial charge in [-0.05, 0) is 57.0 Å². The normalized spacial score (nSPS) is 24.2. The van der Waals surface area contributed by atoms with E-state index < -0.39 is 0 Å². The molecule has 4 N–H and O–H groups in total. The van der Waals surface area contributed by atoms with E-state index in [-0.39, 0.29) is 11.8 Å². The lowest BCUT2D eigenvalue weighted by Gasteiger charge is -2.41. The summed E-state index contributed by atoms with van der Waals surface area (Å²) in [7, 11) is 1.83. The van der Waals surface area contributed by atoms with Crippen LogP contribution in [-0.2, 0) is 4.79 Å². The molecule has 1 aliphatic heterocycles. The number of nitrogens with zero attached hydrogens (tertiary/aromatic N) is 2. The van der Waals surface area contributed by atoms with Crippen LogP contribution in [0.2, 0.25) is 0 Å². The van der Waals surface area contributed by atoms with E-state index in [0.29, 0.717) is 5.41 Å². The van der Waals surface area contributed by atoms with Crippen LogP contribution in [0.1, 0.15) is 51.9 Å². The summed E-state index contributed by atoms with van der Waals surface area (Å²) in [6.07, 6.45) is 8.35. The predicted octanol–water partition coefficient (Wildman–Crippen LogP) is 1.32. The third kappa shape index (κ3) is 5.36. The van der Waals surface area contributed by atoms with E-state index in [1.54, 1.807) is 0 Å². The molecule has 2 rings (SSSR count). The second-order valence-electron chi connectivity index (χ2n) is 7.46. The zero-order valence-corrected chi connectivity index (χ0v) is 15.4. The van der Waals surface area contributed by atoms with Crippen molar-refractivity contribution in [1.29, 1.82) is 0 Å². The molecule has 0 bridgehead atoms. The van der Waals surface area contributed by atoms with Crippen LogP contribution in [0.4, 0.5) is 0 Å². The van der Waals surface area contributed by atoms with Crippen LogP contribution in [-0.4, -0.2) is 56.5 Å². The molecule has 1 aliphatic carbocycles. The predicted molar refractivity (Wildman–Crippen MR) is 98.9 cm³/mol. The SMILES string of the molecule is CCC1(CNC(=NC)NCCCN2CCCC(C(N)=O)C2)CCC1. The summed E-state index contributed by atoms with van der Waals surface area (Å²) in [6.45, 7) is 7.12. The Morgan fingerprint density at radius 2 is 2.12 bits per heavy atom. The molecule has 6 heteroatoms. The third-order valence-electron chi connectivity index (χ3n) is 5.87. The van der Waals surface area contributed by atoms with Gasteiger partial charge in [0.05, 0.1) is 5.92 Å². The standard InChI is InChI=1S/C18H35N5O/c1-3-18(8-5-9-18)14-22-17(20-2)21-10-6-12-23-11-4-7-15(13-23)16(19)24/h15H,3-14H2,1-2H3,(H2,19,24)(H2,20,21,22). The molecule has 0 spiro atoms. The van der Waals surface area contributed by atoms with Crippen molar-refractivity contribution in [3.05, 3.63) is 0 Å². The highest BCUT2D eigenvalue weighted by Crippen LogP contribution is 2.42. The number of hydrogen-bond donors (Lipinski definition) is 3. The van der Waals surface area contributed by atoms with Crippen molar-refractivity contribution in [2.75, 3.05) is 39.8 Å². The van der Waals surface area contributed by atoms with Crippen molar-refractivity contribution in [2.45, 2.75) is 51.9 Å². The number of piperidine rings is 1. The molecule has 1 saturated heterocycles. The molecule has 2 aliphatic rings. The van der Waals surface area contributed by atoms with E-state index in [1.807, 2.05) is 7.05 Å². The van der Waals surface area contributed by atoms with Crippen molar-refractivity contribution in [2.24, 2.45) is 22.1 Å². The Morgan fingerprint density at radius 1 is 1.33 bits per heavy atom. The first-order valence-corrected chi connectivity index (χ1v) is 9.55. The maximum atomic E-state index is 11.3. The summed E-state index contributed by atoms with van der Waals surface area (Å²) in [5, 5.41) is 6.90. The number of guanidine groups is 1. The molecule has 0 aromatic carbocycles. The number of primary amides is 1. The monoisotopic (exact) mass is 337 g/mol. The van der Waals surface area contributed by atoms with E-state index in [9.17, 15) is 4.79 Å². The molecule has 0 aromatic rings. The Hall–Kier alpha value is -1.30. The highest BCUT2D eigenvalue weighted by atomic mass is 16.1. The molecule has 1 heterocycles. The Morgan fingerprint density at radius 3 is 2.71 bits per heavy atom. The van der Waals surface area contributed by atoms with Gasteiger partial charge in [-0.25, -0.2) is 0 Å². The Kier molecular flexibility index (Phi) is 7.34. The van der Waals surface area contributed by atoms with Crippen LogP contribution in [0, 0.1) is 11.3 Å². The summed E-state index contributed by atoms with van der Waals surface area (Å²) in [6, 6.07) is 0. The minimum atomic E-state index is -0.150. The average molecular weight is 338 g/mol. The number of carbonyl (C=O) groups is 1. The molecule has 1 atom stereocenters. The summed E-state index contributed by atoms with van der Waals surface area (Å²) in [5.41, 5.74) is 5.93. The van der Waals surface area contributed by atoms with Crippen molar-refractivity contribution in [3.8, 4) is 0 Å². The van der Waals surface area contributed by atoms with E-state index >= 15 is 0 Å². The zero-order valence-electron chi connectivity index (χ0n) is 15.4. The van der Waals surface area contributed by atoms with Gasteiger partial charge < -0.3 is 21.3 Å². The van der Waals surface area contributed by atoms with E-state index in [2.05, 4.69) is 27.4 Å². The number of rotatable bonds is 8. The van der Waals surface area contributed by atoms with Crippen LogP contribution < -0.4 is 16.4 Å². The second kappa shape index (κ2) is 9.25.